The summed E-state index contributed by atoms with van der Waals surface area (Å²) in [7, 11) is 0. The molecule has 200 valence electrons. The lowest BCUT2D eigenvalue weighted by molar-refractivity contribution is -0.323. The Labute approximate surface area is 208 Å². The molecule has 12 nitrogen and oxygen atoms in total. The second kappa shape index (κ2) is 11.8. The number of aliphatic hydroxyl groups excluding tert-OH is 1. The SMILES string of the molecule is CC(=O)OC[C@H]1O[C@@H](OC2=C(C)OC(=C3CCCC3)C2=O)[C@H](OC(C)O)[C@@H](OC(C)=O)[C@@H]1OC(C)=O. The Morgan fingerprint density at radius 2 is 1.61 bits per heavy atom. The van der Waals surface area contributed by atoms with E-state index in [2.05, 4.69) is 0 Å². The minimum Gasteiger partial charge on any atom is -0.463 e. The molecule has 0 spiro atoms. The fourth-order valence-corrected chi connectivity index (χ4v) is 4.36. The smallest absolute Gasteiger partial charge is 0.303 e. The second-order valence-corrected chi connectivity index (χ2v) is 8.77. The van der Waals surface area contributed by atoms with Crippen LogP contribution in [0.1, 0.15) is 60.3 Å². The zero-order valence-electron chi connectivity index (χ0n) is 20.9. The summed E-state index contributed by atoms with van der Waals surface area (Å²) in [5.41, 5.74) is 0.903. The van der Waals surface area contributed by atoms with E-state index in [1.165, 1.54) is 13.8 Å². The summed E-state index contributed by atoms with van der Waals surface area (Å²) in [6.45, 7) is 5.94. The molecule has 1 saturated carbocycles. The maximum atomic E-state index is 13.1. The van der Waals surface area contributed by atoms with Crippen molar-refractivity contribution in [2.45, 2.75) is 97.3 Å². The fraction of sp³-hybridized carbons (Fsp3) is 0.667. The first-order valence-electron chi connectivity index (χ1n) is 11.8. The van der Waals surface area contributed by atoms with Gasteiger partial charge in [-0.2, -0.15) is 0 Å². The van der Waals surface area contributed by atoms with Gasteiger partial charge in [-0.25, -0.2) is 0 Å². The van der Waals surface area contributed by atoms with Gasteiger partial charge in [-0.1, -0.05) is 0 Å². The number of aliphatic hydroxyl groups is 1. The van der Waals surface area contributed by atoms with Crippen LogP contribution < -0.4 is 0 Å². The number of esters is 3. The number of hydrogen-bond donors (Lipinski definition) is 1. The predicted molar refractivity (Wildman–Crippen MR) is 118 cm³/mol. The highest BCUT2D eigenvalue weighted by Crippen LogP contribution is 2.37. The van der Waals surface area contributed by atoms with Crippen LogP contribution in [0, 0.1) is 0 Å². The van der Waals surface area contributed by atoms with Gasteiger partial charge < -0.3 is 38.3 Å². The van der Waals surface area contributed by atoms with Crippen LogP contribution in [0.25, 0.3) is 0 Å². The van der Waals surface area contributed by atoms with E-state index in [-0.39, 0.29) is 23.9 Å². The third kappa shape index (κ3) is 6.62. The quantitative estimate of drug-likeness (QED) is 0.217. The van der Waals surface area contributed by atoms with Crippen molar-refractivity contribution in [3.8, 4) is 0 Å². The number of Topliss-reactive ketones (excluding diaryl/α,β-unsaturated/α-hetero) is 1. The van der Waals surface area contributed by atoms with Gasteiger partial charge >= 0.3 is 17.9 Å². The molecular formula is C24H32O12. The van der Waals surface area contributed by atoms with Crippen LogP contribution >= 0.6 is 0 Å². The summed E-state index contributed by atoms with van der Waals surface area (Å²) in [4.78, 5) is 48.4. The predicted octanol–water partition coefficient (Wildman–Crippen LogP) is 1.54. The molecule has 1 N–H and O–H groups in total. The molecule has 36 heavy (non-hydrogen) atoms. The highest BCUT2D eigenvalue weighted by atomic mass is 16.7. The topological polar surface area (TPSA) is 153 Å². The van der Waals surface area contributed by atoms with Crippen molar-refractivity contribution in [3.63, 3.8) is 0 Å². The molecule has 0 amide bonds. The zero-order valence-corrected chi connectivity index (χ0v) is 20.9. The van der Waals surface area contributed by atoms with Gasteiger partial charge in [0.1, 0.15) is 18.5 Å². The number of hydrogen-bond acceptors (Lipinski definition) is 12. The molecular weight excluding hydrogens is 480 g/mol. The first kappa shape index (κ1) is 27.6. The number of rotatable bonds is 8. The number of carbonyl (C=O) groups excluding carboxylic acids is 4. The Morgan fingerprint density at radius 1 is 1.00 bits per heavy atom. The standard InChI is InChI=1S/C24H32O12/c1-11-19(18(29)20(31-11)16-8-6-7-9-16)36-24-23(34-15(5)28)22(33-14(4)27)21(32-13(3)26)17(35-24)10-30-12(2)25/h15,17,21-24,28H,6-10H2,1-5H3/t15?,17-,21-,22+,23-,24+/m1/s1. The summed E-state index contributed by atoms with van der Waals surface area (Å²) >= 11 is 0. The van der Waals surface area contributed by atoms with Gasteiger partial charge in [0.15, 0.2) is 30.4 Å². The molecule has 3 aliphatic rings. The van der Waals surface area contributed by atoms with Gasteiger partial charge in [0, 0.05) is 20.8 Å². The van der Waals surface area contributed by atoms with Gasteiger partial charge in [0.05, 0.1) is 0 Å². The first-order valence-corrected chi connectivity index (χ1v) is 11.8. The minimum atomic E-state index is -1.44. The molecule has 3 rings (SSSR count). The summed E-state index contributed by atoms with van der Waals surface area (Å²) in [6, 6.07) is 0. The number of allylic oxidation sites excluding steroid dienone is 2. The molecule has 0 bridgehead atoms. The normalized spacial score (nSPS) is 29.1. The molecule has 12 heteroatoms. The Bertz CT molecular complexity index is 941. The van der Waals surface area contributed by atoms with E-state index in [9.17, 15) is 24.3 Å². The molecule has 1 aliphatic carbocycles. The largest absolute Gasteiger partial charge is 0.463 e. The van der Waals surface area contributed by atoms with E-state index in [1.54, 1.807) is 6.92 Å². The molecule has 0 aromatic rings. The van der Waals surface area contributed by atoms with Crippen LogP contribution in [0.4, 0.5) is 0 Å². The monoisotopic (exact) mass is 512 g/mol. The second-order valence-electron chi connectivity index (χ2n) is 8.77. The maximum Gasteiger partial charge on any atom is 0.303 e. The van der Waals surface area contributed by atoms with Crippen LogP contribution in [-0.2, 0) is 52.3 Å². The fourth-order valence-electron chi connectivity index (χ4n) is 4.36. The molecule has 1 saturated heterocycles. The number of ketones is 1. The lowest BCUT2D eigenvalue weighted by Gasteiger charge is -2.44. The highest BCUT2D eigenvalue weighted by molar-refractivity contribution is 6.08. The van der Waals surface area contributed by atoms with E-state index < -0.39 is 60.7 Å². The Kier molecular flexibility index (Phi) is 9.09. The maximum absolute atomic E-state index is 13.1. The van der Waals surface area contributed by atoms with Crippen molar-refractivity contribution in [3.05, 3.63) is 22.9 Å². The number of ether oxygens (including phenoxy) is 7. The Balaban J connectivity index is 1.96. The molecule has 0 radical (unpaired) electrons. The summed E-state index contributed by atoms with van der Waals surface area (Å²) in [5, 5.41) is 9.97. The highest BCUT2D eigenvalue weighted by Gasteiger charge is 2.53. The molecule has 2 aliphatic heterocycles. The first-order chi connectivity index (χ1) is 17.0. The zero-order chi connectivity index (χ0) is 26.6. The lowest BCUT2D eigenvalue weighted by atomic mass is 9.98. The Morgan fingerprint density at radius 3 is 2.17 bits per heavy atom. The van der Waals surface area contributed by atoms with E-state index in [0.717, 1.165) is 45.1 Å². The van der Waals surface area contributed by atoms with Crippen molar-refractivity contribution < 1.29 is 57.4 Å². The van der Waals surface area contributed by atoms with Gasteiger partial charge in [-0.3, -0.25) is 19.2 Å². The van der Waals surface area contributed by atoms with Crippen LogP contribution in [-0.4, -0.2) is 72.4 Å². The van der Waals surface area contributed by atoms with Gasteiger partial charge in [0.25, 0.3) is 5.78 Å². The van der Waals surface area contributed by atoms with Crippen molar-refractivity contribution in [2.24, 2.45) is 0 Å². The molecule has 0 aromatic carbocycles. The van der Waals surface area contributed by atoms with Crippen molar-refractivity contribution in [1.82, 2.24) is 0 Å². The van der Waals surface area contributed by atoms with Gasteiger partial charge in [-0.05, 0) is 45.1 Å². The molecule has 0 aromatic heterocycles. The van der Waals surface area contributed by atoms with Crippen molar-refractivity contribution in [1.29, 1.82) is 0 Å². The van der Waals surface area contributed by atoms with Crippen molar-refractivity contribution >= 4 is 23.7 Å². The minimum absolute atomic E-state index is 0.132. The van der Waals surface area contributed by atoms with Crippen LogP contribution in [0.5, 0.6) is 0 Å². The molecule has 2 heterocycles. The van der Waals surface area contributed by atoms with Gasteiger partial charge in [0.2, 0.25) is 12.0 Å². The summed E-state index contributed by atoms with van der Waals surface area (Å²) in [5.74, 6) is -2.28. The lowest BCUT2D eigenvalue weighted by Crippen LogP contribution is -2.63. The van der Waals surface area contributed by atoms with E-state index in [0.29, 0.717) is 0 Å². The third-order valence-corrected chi connectivity index (χ3v) is 5.75. The van der Waals surface area contributed by atoms with Crippen LogP contribution in [0.15, 0.2) is 22.9 Å². The molecule has 6 atom stereocenters. The Hall–Kier alpha value is -2.96. The third-order valence-electron chi connectivity index (χ3n) is 5.75. The number of carbonyl (C=O) groups is 4. The van der Waals surface area contributed by atoms with E-state index >= 15 is 0 Å². The van der Waals surface area contributed by atoms with Crippen molar-refractivity contribution in [2.75, 3.05) is 6.61 Å². The van der Waals surface area contributed by atoms with Gasteiger partial charge in [-0.15, -0.1) is 0 Å². The summed E-state index contributed by atoms with van der Waals surface area (Å²) in [6.07, 6.45) is -4.54. The average molecular weight is 513 g/mol. The van der Waals surface area contributed by atoms with E-state index in [4.69, 9.17) is 33.2 Å². The van der Waals surface area contributed by atoms with E-state index in [1.807, 2.05) is 0 Å². The van der Waals surface area contributed by atoms with Crippen LogP contribution in [0.3, 0.4) is 0 Å². The molecule has 2 fully saturated rings. The molecule has 1 unspecified atom stereocenters. The van der Waals surface area contributed by atoms with Crippen LogP contribution in [0.2, 0.25) is 0 Å². The average Bonchev–Trinajstić information content (AvgIpc) is 3.39. The summed E-state index contributed by atoms with van der Waals surface area (Å²) < 4.78 is 38.9.